The number of pyridine rings is 3. The molecule has 4 bridgehead atoms. The molecule has 3 aromatic heterocycles. The molecule has 2 atom stereocenters. The van der Waals surface area contributed by atoms with Crippen molar-refractivity contribution in [1.82, 2.24) is 19.7 Å². The van der Waals surface area contributed by atoms with Gasteiger partial charge in [-0.2, -0.15) is 8.42 Å². The average molecular weight is 636 g/mol. The molecule has 1 saturated heterocycles. The van der Waals surface area contributed by atoms with E-state index in [9.17, 15) is 13.2 Å². The molecule has 1 unspecified atom stereocenters. The summed E-state index contributed by atoms with van der Waals surface area (Å²) in [4.78, 5) is 32.1. The lowest BCUT2D eigenvalue weighted by atomic mass is 9.90. The molecule has 0 aromatic carbocycles. The van der Waals surface area contributed by atoms with Gasteiger partial charge in [0.25, 0.3) is 15.9 Å². The number of carbonyl (C=O) groups excluding carboxylic acids is 1. The first kappa shape index (κ1) is 32.6. The van der Waals surface area contributed by atoms with Crippen LogP contribution in [0.25, 0.3) is 0 Å². The smallest absolute Gasteiger partial charge is 0.281 e. The number of hydrogen-bond donors (Lipinski definition) is 2. The van der Waals surface area contributed by atoms with E-state index < -0.39 is 15.9 Å². The summed E-state index contributed by atoms with van der Waals surface area (Å²) in [5, 5.41) is 3.20. The number of nitrogens with zero attached hydrogens (tertiary/aromatic N) is 5. The number of amides is 1. The predicted molar refractivity (Wildman–Crippen MR) is 176 cm³/mol. The van der Waals surface area contributed by atoms with E-state index in [0.29, 0.717) is 30.7 Å². The third-order valence-corrected chi connectivity index (χ3v) is 9.95. The quantitative estimate of drug-likeness (QED) is 0.398. The van der Waals surface area contributed by atoms with Crippen molar-refractivity contribution < 1.29 is 17.9 Å². The lowest BCUT2D eigenvalue weighted by molar-refractivity contribution is 0.0981. The van der Waals surface area contributed by atoms with Crippen molar-refractivity contribution in [3.8, 4) is 0 Å². The van der Waals surface area contributed by atoms with Crippen LogP contribution < -0.4 is 19.8 Å². The molecule has 2 aliphatic rings. The third kappa shape index (κ3) is 7.22. The molecule has 1 fully saturated rings. The Balaban J connectivity index is 1.55. The third-order valence-electron chi connectivity index (χ3n) is 8.71. The molecule has 2 N–H and O–H groups in total. The number of rotatable bonds is 5. The van der Waals surface area contributed by atoms with E-state index in [1.807, 2.05) is 25.4 Å². The van der Waals surface area contributed by atoms with Crippen molar-refractivity contribution >= 4 is 33.3 Å². The Morgan fingerprint density at radius 2 is 1.87 bits per heavy atom. The standard InChI is InChI=1S/C33H45N7O4S/c1-32(2,3)27-16-13-24-30(36-27)40-21-22(19-33(40,4)5)11-14-26(25-15-12-23(20-34-25)39(6)17-18-44-7)35-28-9-8-10-29(37-28)45(42,43)38-31(24)41/h8-10,12-13,15-16,20,22,26H,11,14,17-19,21H2,1-7H3,(H,35,37)(H,38,41)/t22-,26?/m0/s1. The Morgan fingerprint density at radius 1 is 1.09 bits per heavy atom. The van der Waals surface area contributed by atoms with Gasteiger partial charge in [0, 0.05) is 43.9 Å². The van der Waals surface area contributed by atoms with Crippen LogP contribution in [0.5, 0.6) is 0 Å². The van der Waals surface area contributed by atoms with Gasteiger partial charge in [-0.15, -0.1) is 0 Å². The largest absolute Gasteiger partial charge is 0.383 e. The summed E-state index contributed by atoms with van der Waals surface area (Å²) in [6, 6.07) is 12.0. The molecule has 12 heteroatoms. The number of hydrogen-bond acceptors (Lipinski definition) is 10. The SMILES string of the molecule is COCCN(C)c1ccc(C2CC[C@@H]3CN(c4nc(C(C)(C)C)ccc4C(=O)NS(=O)(=O)c4cccc(n4)N2)C(C)(C)C3)nc1. The monoisotopic (exact) mass is 635 g/mol. The minimum absolute atomic E-state index is 0.219. The van der Waals surface area contributed by atoms with Crippen LogP contribution in [0, 0.1) is 5.92 Å². The number of sulfonamides is 1. The number of likely N-dealkylation sites (N-methyl/N-ethyl adjacent to an activating group) is 1. The number of fused-ring (bicyclic) bond motifs is 6. The number of nitrogens with one attached hydrogen (secondary N) is 2. The number of carbonyl (C=O) groups is 1. The molecule has 3 aromatic rings. The van der Waals surface area contributed by atoms with E-state index in [1.165, 1.54) is 6.07 Å². The molecule has 5 rings (SSSR count). The second-order valence-electron chi connectivity index (χ2n) is 13.7. The van der Waals surface area contributed by atoms with Crippen molar-refractivity contribution in [1.29, 1.82) is 0 Å². The summed E-state index contributed by atoms with van der Waals surface area (Å²) in [5.74, 6) is 0.472. The second kappa shape index (κ2) is 12.6. The van der Waals surface area contributed by atoms with Crippen LogP contribution in [0.1, 0.15) is 81.7 Å². The summed E-state index contributed by atoms with van der Waals surface area (Å²) in [6.45, 7) is 12.6. The van der Waals surface area contributed by atoms with Crippen LogP contribution in [0.2, 0.25) is 0 Å². The first-order chi connectivity index (χ1) is 21.2. The van der Waals surface area contributed by atoms with Crippen LogP contribution in [-0.2, 0) is 20.2 Å². The van der Waals surface area contributed by atoms with Crippen molar-refractivity contribution in [2.24, 2.45) is 5.92 Å². The molecular weight excluding hydrogens is 590 g/mol. The van der Waals surface area contributed by atoms with E-state index >= 15 is 0 Å². The van der Waals surface area contributed by atoms with E-state index in [1.54, 1.807) is 31.4 Å². The van der Waals surface area contributed by atoms with Gasteiger partial charge in [-0.1, -0.05) is 26.8 Å². The van der Waals surface area contributed by atoms with E-state index in [0.717, 1.165) is 42.9 Å². The van der Waals surface area contributed by atoms with Gasteiger partial charge in [0.2, 0.25) is 0 Å². The molecule has 11 nitrogen and oxygen atoms in total. The van der Waals surface area contributed by atoms with Gasteiger partial charge in [-0.05, 0) is 75.4 Å². The molecule has 0 saturated carbocycles. The fraction of sp³-hybridized carbons (Fsp3) is 0.515. The van der Waals surface area contributed by atoms with E-state index in [2.05, 4.69) is 59.4 Å². The van der Waals surface area contributed by atoms with Crippen molar-refractivity contribution in [2.75, 3.05) is 49.0 Å². The van der Waals surface area contributed by atoms with Crippen LogP contribution >= 0.6 is 0 Å². The fourth-order valence-corrected chi connectivity index (χ4v) is 7.07. The lowest BCUT2D eigenvalue weighted by Gasteiger charge is -2.34. The molecule has 0 aliphatic carbocycles. The Hall–Kier alpha value is -3.77. The number of aromatic nitrogens is 3. The number of anilines is 3. The van der Waals surface area contributed by atoms with Crippen LogP contribution in [0.4, 0.5) is 17.3 Å². The second-order valence-corrected chi connectivity index (χ2v) is 15.4. The summed E-state index contributed by atoms with van der Waals surface area (Å²) in [5.41, 5.74) is 2.30. The van der Waals surface area contributed by atoms with Gasteiger partial charge >= 0.3 is 0 Å². The zero-order valence-corrected chi connectivity index (χ0v) is 28.1. The maximum Gasteiger partial charge on any atom is 0.281 e. The minimum Gasteiger partial charge on any atom is -0.383 e. The van der Waals surface area contributed by atoms with Gasteiger partial charge in [-0.25, -0.2) is 14.7 Å². The zero-order chi connectivity index (χ0) is 32.6. The fourth-order valence-electron chi connectivity index (χ4n) is 6.14. The highest BCUT2D eigenvalue weighted by Gasteiger charge is 2.41. The van der Waals surface area contributed by atoms with E-state index in [4.69, 9.17) is 14.7 Å². The molecule has 45 heavy (non-hydrogen) atoms. The Morgan fingerprint density at radius 3 is 2.56 bits per heavy atom. The van der Waals surface area contributed by atoms with Gasteiger partial charge < -0.3 is 19.9 Å². The van der Waals surface area contributed by atoms with Gasteiger partial charge in [-0.3, -0.25) is 9.78 Å². The normalized spacial score (nSPS) is 21.1. The molecule has 0 spiro atoms. The Bertz CT molecular complexity index is 1640. The summed E-state index contributed by atoms with van der Waals surface area (Å²) in [7, 11) is -0.606. The molecule has 5 heterocycles. The molecule has 242 valence electrons. The molecular formula is C33H45N7O4S. The maximum atomic E-state index is 13.7. The number of methoxy groups -OCH3 is 1. The highest BCUT2D eigenvalue weighted by molar-refractivity contribution is 7.90. The topological polar surface area (TPSA) is 130 Å². The highest BCUT2D eigenvalue weighted by Crippen LogP contribution is 2.41. The lowest BCUT2D eigenvalue weighted by Crippen LogP contribution is -2.41. The summed E-state index contributed by atoms with van der Waals surface area (Å²) in [6.07, 6.45) is 4.37. The predicted octanol–water partition coefficient (Wildman–Crippen LogP) is 4.92. The zero-order valence-electron chi connectivity index (χ0n) is 27.3. The van der Waals surface area contributed by atoms with Crippen LogP contribution in [0.3, 0.4) is 0 Å². The van der Waals surface area contributed by atoms with Crippen LogP contribution in [-0.4, -0.2) is 68.7 Å². The first-order valence-corrected chi connectivity index (χ1v) is 16.9. The Kier molecular flexibility index (Phi) is 9.10. The van der Waals surface area contributed by atoms with Crippen LogP contribution in [0.15, 0.2) is 53.7 Å². The number of ether oxygens (including phenoxy) is 1. The van der Waals surface area contributed by atoms with E-state index in [-0.39, 0.29) is 27.6 Å². The van der Waals surface area contributed by atoms with Gasteiger partial charge in [0.05, 0.1) is 35.8 Å². The first-order valence-electron chi connectivity index (χ1n) is 15.4. The average Bonchev–Trinajstić information content (AvgIpc) is 3.30. The Labute approximate surface area is 266 Å². The van der Waals surface area contributed by atoms with Gasteiger partial charge in [0.15, 0.2) is 5.03 Å². The highest BCUT2D eigenvalue weighted by atomic mass is 32.2. The minimum atomic E-state index is -4.29. The van der Waals surface area contributed by atoms with Crippen molar-refractivity contribution in [3.63, 3.8) is 0 Å². The van der Waals surface area contributed by atoms with Gasteiger partial charge in [0.1, 0.15) is 11.6 Å². The molecule has 2 aliphatic heterocycles. The van der Waals surface area contributed by atoms with Crippen molar-refractivity contribution in [3.05, 3.63) is 65.6 Å². The van der Waals surface area contributed by atoms with Crippen molar-refractivity contribution in [2.45, 2.75) is 75.9 Å². The summed E-state index contributed by atoms with van der Waals surface area (Å²) >= 11 is 0. The molecule has 1 amide bonds. The maximum absolute atomic E-state index is 13.7. The summed E-state index contributed by atoms with van der Waals surface area (Å²) < 4.78 is 34.4. The molecule has 0 radical (unpaired) electrons.